The second-order valence-corrected chi connectivity index (χ2v) is 6.34. The average molecular weight is 271 g/mol. The van der Waals surface area contributed by atoms with Crippen molar-refractivity contribution < 1.29 is 24.2 Å². The predicted octanol–water partition coefficient (Wildman–Crippen LogP) is 1.63. The summed E-state index contributed by atoms with van der Waals surface area (Å²) < 4.78 is 10.9. The lowest BCUT2D eigenvalue weighted by atomic mass is 9.78. The SMILES string of the molecule is CC(C)(C)OC(=O)N1CC(C(=O)O)OC2(CCC2)C1. The second-order valence-electron chi connectivity index (χ2n) is 6.34. The van der Waals surface area contributed by atoms with Gasteiger partial charge in [0.25, 0.3) is 0 Å². The van der Waals surface area contributed by atoms with E-state index >= 15 is 0 Å². The van der Waals surface area contributed by atoms with Gasteiger partial charge in [-0.25, -0.2) is 9.59 Å². The molecule has 1 N–H and O–H groups in total. The topological polar surface area (TPSA) is 76.1 Å². The standard InChI is InChI=1S/C13H21NO5/c1-12(2,3)19-11(17)14-7-9(10(15)16)18-13(8-14)5-4-6-13/h9H,4-8H2,1-3H3,(H,15,16). The first-order chi connectivity index (χ1) is 8.71. The molecular formula is C13H21NO5. The minimum atomic E-state index is -1.03. The van der Waals surface area contributed by atoms with Crippen LogP contribution in [0.5, 0.6) is 0 Å². The lowest BCUT2D eigenvalue weighted by molar-refractivity contribution is -0.202. The van der Waals surface area contributed by atoms with Crippen LogP contribution in [0.25, 0.3) is 0 Å². The van der Waals surface area contributed by atoms with E-state index in [1.54, 1.807) is 20.8 Å². The molecule has 2 rings (SSSR count). The van der Waals surface area contributed by atoms with E-state index in [-0.39, 0.29) is 6.54 Å². The smallest absolute Gasteiger partial charge is 0.410 e. The summed E-state index contributed by atoms with van der Waals surface area (Å²) in [7, 11) is 0. The van der Waals surface area contributed by atoms with Crippen LogP contribution in [-0.4, -0.2) is 52.5 Å². The molecule has 6 heteroatoms. The maximum atomic E-state index is 12.1. The molecule has 108 valence electrons. The molecule has 19 heavy (non-hydrogen) atoms. The third kappa shape index (κ3) is 3.18. The van der Waals surface area contributed by atoms with Gasteiger partial charge in [0.15, 0.2) is 6.10 Å². The Labute approximate surface area is 112 Å². The summed E-state index contributed by atoms with van der Waals surface area (Å²) >= 11 is 0. The van der Waals surface area contributed by atoms with Crippen molar-refractivity contribution in [2.45, 2.75) is 57.3 Å². The normalized spacial score (nSPS) is 25.8. The molecule has 1 aliphatic heterocycles. The maximum absolute atomic E-state index is 12.1. The van der Waals surface area contributed by atoms with Crippen LogP contribution in [0.2, 0.25) is 0 Å². The van der Waals surface area contributed by atoms with E-state index in [0.717, 1.165) is 19.3 Å². The molecule has 1 amide bonds. The summed E-state index contributed by atoms with van der Waals surface area (Å²) in [5, 5.41) is 9.12. The van der Waals surface area contributed by atoms with Crippen LogP contribution in [0.15, 0.2) is 0 Å². The Kier molecular flexibility index (Phi) is 3.47. The number of carboxylic acids is 1. The quantitative estimate of drug-likeness (QED) is 0.784. The highest BCUT2D eigenvalue weighted by Crippen LogP contribution is 2.40. The third-order valence-corrected chi connectivity index (χ3v) is 3.45. The number of aliphatic carboxylic acids is 1. The van der Waals surface area contributed by atoms with Crippen molar-refractivity contribution in [3.8, 4) is 0 Å². The molecule has 1 aliphatic carbocycles. The van der Waals surface area contributed by atoms with Gasteiger partial charge in [-0.3, -0.25) is 0 Å². The number of rotatable bonds is 1. The Hall–Kier alpha value is -1.30. The van der Waals surface area contributed by atoms with Crippen LogP contribution in [-0.2, 0) is 14.3 Å². The molecule has 0 bridgehead atoms. The Bertz CT molecular complexity index is 383. The number of amides is 1. The van der Waals surface area contributed by atoms with Crippen molar-refractivity contribution in [1.82, 2.24) is 4.90 Å². The number of nitrogens with zero attached hydrogens (tertiary/aromatic N) is 1. The Morgan fingerprint density at radius 3 is 2.42 bits per heavy atom. The van der Waals surface area contributed by atoms with Crippen molar-refractivity contribution in [2.24, 2.45) is 0 Å². The molecule has 1 saturated carbocycles. The van der Waals surface area contributed by atoms with Crippen molar-refractivity contribution in [3.63, 3.8) is 0 Å². The van der Waals surface area contributed by atoms with E-state index < -0.39 is 29.4 Å². The fraction of sp³-hybridized carbons (Fsp3) is 0.846. The minimum absolute atomic E-state index is 0.0476. The molecule has 1 atom stereocenters. The Morgan fingerprint density at radius 1 is 1.37 bits per heavy atom. The van der Waals surface area contributed by atoms with Gasteiger partial charge in [-0.15, -0.1) is 0 Å². The zero-order valence-electron chi connectivity index (χ0n) is 11.6. The molecule has 0 aromatic rings. The lowest BCUT2D eigenvalue weighted by Gasteiger charge is -2.50. The first-order valence-corrected chi connectivity index (χ1v) is 6.59. The highest BCUT2D eigenvalue weighted by atomic mass is 16.6. The van der Waals surface area contributed by atoms with E-state index in [2.05, 4.69) is 0 Å². The van der Waals surface area contributed by atoms with Crippen molar-refractivity contribution in [3.05, 3.63) is 0 Å². The van der Waals surface area contributed by atoms with Crippen molar-refractivity contribution in [1.29, 1.82) is 0 Å². The minimum Gasteiger partial charge on any atom is -0.479 e. The molecule has 1 unspecified atom stereocenters. The zero-order valence-corrected chi connectivity index (χ0v) is 11.6. The van der Waals surface area contributed by atoms with Gasteiger partial charge in [0.1, 0.15) is 5.60 Å². The number of hydrogen-bond acceptors (Lipinski definition) is 4. The molecule has 6 nitrogen and oxygen atoms in total. The number of hydrogen-bond donors (Lipinski definition) is 1. The van der Waals surface area contributed by atoms with Gasteiger partial charge in [-0.05, 0) is 40.0 Å². The van der Waals surface area contributed by atoms with Gasteiger partial charge < -0.3 is 19.5 Å². The van der Waals surface area contributed by atoms with Crippen LogP contribution >= 0.6 is 0 Å². The van der Waals surface area contributed by atoms with Crippen molar-refractivity contribution in [2.75, 3.05) is 13.1 Å². The molecular weight excluding hydrogens is 250 g/mol. The summed E-state index contributed by atoms with van der Waals surface area (Å²) in [5.41, 5.74) is -1.06. The Balaban J connectivity index is 2.07. The summed E-state index contributed by atoms with van der Waals surface area (Å²) in [5.74, 6) is -1.03. The van der Waals surface area contributed by atoms with Gasteiger partial charge in [0.05, 0.1) is 18.7 Å². The number of morpholine rings is 1. The summed E-state index contributed by atoms with van der Waals surface area (Å²) in [6.45, 7) is 5.84. The number of ether oxygens (including phenoxy) is 2. The van der Waals surface area contributed by atoms with Crippen LogP contribution in [0.3, 0.4) is 0 Å². The van der Waals surface area contributed by atoms with Gasteiger partial charge in [0, 0.05) is 0 Å². The maximum Gasteiger partial charge on any atom is 0.410 e. The average Bonchev–Trinajstić information content (AvgIpc) is 2.24. The highest BCUT2D eigenvalue weighted by Gasteiger charge is 2.48. The summed E-state index contributed by atoms with van der Waals surface area (Å²) in [4.78, 5) is 24.7. The van der Waals surface area contributed by atoms with Gasteiger partial charge in [-0.2, -0.15) is 0 Å². The molecule has 0 aromatic carbocycles. The number of carbonyl (C=O) groups excluding carboxylic acids is 1. The van der Waals surface area contributed by atoms with Crippen LogP contribution in [0, 0.1) is 0 Å². The third-order valence-electron chi connectivity index (χ3n) is 3.45. The Morgan fingerprint density at radius 2 is 2.00 bits per heavy atom. The first kappa shape index (κ1) is 14.1. The highest BCUT2D eigenvalue weighted by molar-refractivity contribution is 5.75. The van der Waals surface area contributed by atoms with Crippen LogP contribution in [0.1, 0.15) is 40.0 Å². The molecule has 1 heterocycles. The van der Waals surface area contributed by atoms with E-state index in [1.807, 2.05) is 0 Å². The molecule has 1 saturated heterocycles. The number of carbonyl (C=O) groups is 2. The zero-order chi connectivity index (χ0) is 14.3. The van der Waals surface area contributed by atoms with E-state index in [0.29, 0.717) is 6.54 Å². The number of carboxylic acid groups (broad SMARTS) is 1. The fourth-order valence-electron chi connectivity index (χ4n) is 2.43. The molecule has 1 spiro atoms. The van der Waals surface area contributed by atoms with Crippen LogP contribution in [0.4, 0.5) is 4.79 Å². The predicted molar refractivity (Wildman–Crippen MR) is 66.9 cm³/mol. The van der Waals surface area contributed by atoms with E-state index in [4.69, 9.17) is 14.6 Å². The fourth-order valence-corrected chi connectivity index (χ4v) is 2.43. The van der Waals surface area contributed by atoms with E-state index in [1.165, 1.54) is 4.90 Å². The van der Waals surface area contributed by atoms with Gasteiger partial charge in [0.2, 0.25) is 0 Å². The molecule has 0 aromatic heterocycles. The lowest BCUT2D eigenvalue weighted by Crippen LogP contribution is -2.62. The molecule has 2 aliphatic rings. The van der Waals surface area contributed by atoms with E-state index in [9.17, 15) is 9.59 Å². The molecule has 0 radical (unpaired) electrons. The van der Waals surface area contributed by atoms with Crippen molar-refractivity contribution >= 4 is 12.1 Å². The van der Waals surface area contributed by atoms with Gasteiger partial charge in [-0.1, -0.05) is 0 Å². The second kappa shape index (κ2) is 4.67. The summed E-state index contributed by atoms with van der Waals surface area (Å²) in [6, 6.07) is 0. The monoisotopic (exact) mass is 271 g/mol. The molecule has 2 fully saturated rings. The first-order valence-electron chi connectivity index (χ1n) is 6.59. The largest absolute Gasteiger partial charge is 0.479 e. The summed E-state index contributed by atoms with van der Waals surface area (Å²) in [6.07, 6.45) is 1.19. The van der Waals surface area contributed by atoms with Gasteiger partial charge >= 0.3 is 12.1 Å². The van der Waals surface area contributed by atoms with Crippen LogP contribution < -0.4 is 0 Å².